The van der Waals surface area contributed by atoms with E-state index in [1.54, 1.807) is 41.6 Å². The van der Waals surface area contributed by atoms with Crippen LogP contribution in [0.3, 0.4) is 0 Å². The van der Waals surface area contributed by atoms with Gasteiger partial charge in [-0.1, -0.05) is 0 Å². The molecule has 12 heavy (non-hydrogen) atoms. The molecule has 1 heterocycles. The summed E-state index contributed by atoms with van der Waals surface area (Å²) in [6.45, 7) is 1.59. The Morgan fingerprint density at radius 3 is 2.58 bits per heavy atom. The third kappa shape index (κ3) is 2.21. The van der Waals surface area contributed by atoms with Gasteiger partial charge in [-0.25, -0.2) is 0 Å². The van der Waals surface area contributed by atoms with Gasteiger partial charge in [0.1, 0.15) is 5.69 Å². The third-order valence-corrected chi connectivity index (χ3v) is 1.87. The first-order valence-electron chi connectivity index (χ1n) is 3.33. The summed E-state index contributed by atoms with van der Waals surface area (Å²) in [6.07, 6.45) is -0.643. The van der Waals surface area contributed by atoms with Crippen LogP contribution >= 0.6 is 22.6 Å². The summed E-state index contributed by atoms with van der Waals surface area (Å²) in [5.74, 6) is 0. The Morgan fingerprint density at radius 1 is 1.58 bits per heavy atom. The van der Waals surface area contributed by atoms with E-state index in [0.29, 0.717) is 11.4 Å². The van der Waals surface area contributed by atoms with Crippen LogP contribution < -0.4 is 0 Å². The molecule has 1 rings (SSSR count). The fourth-order valence-electron chi connectivity index (χ4n) is 0.670. The second-order valence-corrected chi connectivity index (χ2v) is 3.27. The van der Waals surface area contributed by atoms with E-state index in [0.717, 1.165) is 0 Å². The highest BCUT2D eigenvalue weighted by atomic mass is 127. The molecule has 5 heteroatoms. The van der Waals surface area contributed by atoms with Crippen molar-refractivity contribution in [1.29, 1.82) is 0 Å². The standard InChI is InChI=1S/C7H7IN2O2/c1-4(11)5-2-3-6(7(8)12)10-9-5/h2-4,11H,1H3. The SMILES string of the molecule is CC(O)c1ccc(C(=O)I)nn1. The summed E-state index contributed by atoms with van der Waals surface area (Å²) in [4.78, 5) is 10.7. The van der Waals surface area contributed by atoms with Crippen LogP contribution in [0.4, 0.5) is 0 Å². The van der Waals surface area contributed by atoms with Crippen LogP contribution in [-0.2, 0) is 0 Å². The Hall–Kier alpha value is -0.560. The Labute approximate surface area is 83.2 Å². The average molecular weight is 278 g/mol. The molecule has 0 aromatic carbocycles. The molecule has 1 aromatic rings. The summed E-state index contributed by atoms with van der Waals surface area (Å²) in [5, 5.41) is 16.4. The first-order valence-corrected chi connectivity index (χ1v) is 4.40. The Bertz CT molecular complexity index is 284. The number of aliphatic hydroxyl groups excluding tert-OH is 1. The minimum atomic E-state index is -0.643. The van der Waals surface area contributed by atoms with E-state index >= 15 is 0 Å². The molecule has 0 radical (unpaired) electrons. The summed E-state index contributed by atoms with van der Waals surface area (Å²) in [7, 11) is 0. The maximum atomic E-state index is 10.7. The van der Waals surface area contributed by atoms with Crippen molar-refractivity contribution in [1.82, 2.24) is 10.2 Å². The largest absolute Gasteiger partial charge is 0.387 e. The van der Waals surface area contributed by atoms with E-state index in [1.165, 1.54) is 0 Å². The average Bonchev–Trinajstić information content (AvgIpc) is 2.04. The normalized spacial score (nSPS) is 12.6. The molecular weight excluding hydrogens is 271 g/mol. The highest BCUT2D eigenvalue weighted by molar-refractivity contribution is 14.1. The van der Waals surface area contributed by atoms with Crippen molar-refractivity contribution >= 4 is 26.4 Å². The molecule has 1 N–H and O–H groups in total. The summed E-state index contributed by atoms with van der Waals surface area (Å²) in [5.41, 5.74) is 0.774. The summed E-state index contributed by atoms with van der Waals surface area (Å²) < 4.78 is -0.155. The predicted molar refractivity (Wildman–Crippen MR) is 51.0 cm³/mol. The van der Waals surface area contributed by atoms with E-state index in [2.05, 4.69) is 10.2 Å². The number of rotatable bonds is 2. The molecule has 4 nitrogen and oxygen atoms in total. The molecule has 0 spiro atoms. The number of aliphatic hydroxyl groups is 1. The van der Waals surface area contributed by atoms with E-state index in [-0.39, 0.29) is 3.79 Å². The second-order valence-electron chi connectivity index (χ2n) is 2.29. The van der Waals surface area contributed by atoms with Gasteiger partial charge < -0.3 is 5.11 Å². The molecule has 0 amide bonds. The quantitative estimate of drug-likeness (QED) is 0.650. The number of carbonyl (C=O) groups excluding carboxylic acids is 1. The lowest BCUT2D eigenvalue weighted by atomic mass is 10.2. The zero-order valence-corrected chi connectivity index (χ0v) is 8.52. The molecule has 0 saturated heterocycles. The molecule has 0 saturated carbocycles. The van der Waals surface area contributed by atoms with Crippen LogP contribution in [-0.4, -0.2) is 19.1 Å². The van der Waals surface area contributed by atoms with Crippen LogP contribution in [0.1, 0.15) is 29.2 Å². The number of hydrogen-bond acceptors (Lipinski definition) is 4. The number of nitrogens with zero attached hydrogens (tertiary/aromatic N) is 2. The molecule has 0 aliphatic heterocycles. The van der Waals surface area contributed by atoms with Crippen molar-refractivity contribution < 1.29 is 9.90 Å². The molecule has 0 fully saturated rings. The van der Waals surface area contributed by atoms with Crippen LogP contribution in [0.2, 0.25) is 0 Å². The number of hydrogen-bond donors (Lipinski definition) is 1. The number of carbonyl (C=O) groups is 1. The Balaban J connectivity index is 2.93. The Kier molecular flexibility index (Phi) is 3.10. The minimum Gasteiger partial charge on any atom is -0.387 e. The fraction of sp³-hybridized carbons (Fsp3) is 0.286. The molecule has 1 aromatic heterocycles. The van der Waals surface area contributed by atoms with Crippen molar-refractivity contribution in [2.75, 3.05) is 0 Å². The van der Waals surface area contributed by atoms with Gasteiger partial charge >= 0.3 is 0 Å². The molecule has 0 aliphatic rings. The van der Waals surface area contributed by atoms with Crippen molar-refractivity contribution in [3.8, 4) is 0 Å². The highest BCUT2D eigenvalue weighted by Crippen LogP contribution is 2.08. The zero-order chi connectivity index (χ0) is 9.14. The van der Waals surface area contributed by atoms with Crippen LogP contribution in [0.5, 0.6) is 0 Å². The van der Waals surface area contributed by atoms with Gasteiger partial charge in [0.2, 0.25) is 3.79 Å². The van der Waals surface area contributed by atoms with Crippen molar-refractivity contribution in [2.24, 2.45) is 0 Å². The summed E-state index contributed by atoms with van der Waals surface area (Å²) >= 11 is 1.63. The lowest BCUT2D eigenvalue weighted by Gasteiger charge is -2.00. The lowest BCUT2D eigenvalue weighted by Crippen LogP contribution is -2.01. The van der Waals surface area contributed by atoms with Gasteiger partial charge in [-0.15, -0.1) is 5.10 Å². The van der Waals surface area contributed by atoms with E-state index < -0.39 is 6.10 Å². The monoisotopic (exact) mass is 278 g/mol. The van der Waals surface area contributed by atoms with Crippen molar-refractivity contribution in [2.45, 2.75) is 13.0 Å². The zero-order valence-electron chi connectivity index (χ0n) is 6.36. The van der Waals surface area contributed by atoms with Gasteiger partial charge in [-0.05, 0) is 19.1 Å². The Morgan fingerprint density at radius 2 is 2.25 bits per heavy atom. The van der Waals surface area contributed by atoms with Crippen molar-refractivity contribution in [3.63, 3.8) is 0 Å². The maximum absolute atomic E-state index is 10.7. The van der Waals surface area contributed by atoms with Gasteiger partial charge in [0.15, 0.2) is 0 Å². The van der Waals surface area contributed by atoms with Gasteiger partial charge in [0, 0.05) is 22.6 Å². The molecule has 0 bridgehead atoms. The predicted octanol–water partition coefficient (Wildman–Crippen LogP) is 1.11. The second kappa shape index (κ2) is 3.90. The third-order valence-electron chi connectivity index (χ3n) is 1.31. The van der Waals surface area contributed by atoms with Crippen LogP contribution in [0, 0.1) is 0 Å². The van der Waals surface area contributed by atoms with E-state index in [4.69, 9.17) is 5.11 Å². The van der Waals surface area contributed by atoms with Gasteiger partial charge in [-0.3, -0.25) is 4.79 Å². The maximum Gasteiger partial charge on any atom is 0.242 e. The molecular formula is C7H7IN2O2. The number of aromatic nitrogens is 2. The van der Waals surface area contributed by atoms with Gasteiger partial charge in [-0.2, -0.15) is 5.10 Å². The first-order chi connectivity index (χ1) is 5.61. The molecule has 1 atom stereocenters. The molecule has 1 unspecified atom stereocenters. The highest BCUT2D eigenvalue weighted by Gasteiger charge is 2.06. The smallest absolute Gasteiger partial charge is 0.242 e. The van der Waals surface area contributed by atoms with Crippen molar-refractivity contribution in [3.05, 3.63) is 23.5 Å². The first kappa shape index (κ1) is 9.53. The summed E-state index contributed by atoms with van der Waals surface area (Å²) in [6, 6.07) is 3.13. The van der Waals surface area contributed by atoms with Gasteiger partial charge in [0.05, 0.1) is 11.8 Å². The van der Waals surface area contributed by atoms with Gasteiger partial charge in [0.25, 0.3) is 0 Å². The lowest BCUT2D eigenvalue weighted by molar-refractivity contribution is 0.110. The topological polar surface area (TPSA) is 63.1 Å². The molecule has 64 valence electrons. The van der Waals surface area contributed by atoms with Crippen LogP contribution in [0.15, 0.2) is 12.1 Å². The fourth-order valence-corrected chi connectivity index (χ4v) is 0.958. The van der Waals surface area contributed by atoms with Crippen LogP contribution in [0.25, 0.3) is 0 Å². The number of halogens is 1. The van der Waals surface area contributed by atoms with E-state index in [1.807, 2.05) is 0 Å². The molecule has 0 aliphatic carbocycles. The van der Waals surface area contributed by atoms with E-state index in [9.17, 15) is 4.79 Å². The minimum absolute atomic E-state index is 0.155.